The van der Waals surface area contributed by atoms with Crippen LogP contribution in [0.4, 0.5) is 4.39 Å². The van der Waals surface area contributed by atoms with Crippen molar-refractivity contribution in [3.05, 3.63) is 118 Å². The smallest absolute Gasteiger partial charge is 0.343 e. The SMILES string of the molecule is CCOc1cc(C=NNC(=O)c2[nH]c3ccc(F)cc3c2-c2ccccc2Cl)ccc1OC(=O)c1ccc(Cl)cc1. The molecule has 7 nitrogen and oxygen atoms in total. The average Bonchev–Trinajstić information content (AvgIpc) is 3.33. The van der Waals surface area contributed by atoms with E-state index in [0.717, 1.165) is 0 Å². The maximum absolute atomic E-state index is 14.1. The third-order valence-electron chi connectivity index (χ3n) is 6.06. The Balaban J connectivity index is 1.37. The van der Waals surface area contributed by atoms with Crippen molar-refractivity contribution >= 4 is 52.2 Å². The molecule has 1 heterocycles. The van der Waals surface area contributed by atoms with Crippen molar-refractivity contribution in [2.45, 2.75) is 6.92 Å². The Morgan fingerprint density at radius 1 is 0.976 bits per heavy atom. The molecule has 0 atom stereocenters. The average molecular weight is 590 g/mol. The first-order chi connectivity index (χ1) is 19.8. The molecule has 41 heavy (non-hydrogen) atoms. The Morgan fingerprint density at radius 3 is 2.51 bits per heavy atom. The Labute approximate surface area is 244 Å². The summed E-state index contributed by atoms with van der Waals surface area (Å²) in [7, 11) is 0. The van der Waals surface area contributed by atoms with E-state index in [0.29, 0.717) is 55.6 Å². The molecule has 2 N–H and O–H groups in total. The normalized spacial score (nSPS) is 11.1. The first-order valence-corrected chi connectivity index (χ1v) is 13.2. The Kier molecular flexibility index (Phi) is 8.33. The van der Waals surface area contributed by atoms with Crippen LogP contribution in [0.3, 0.4) is 0 Å². The second-order valence-electron chi connectivity index (χ2n) is 8.78. The number of hydrazone groups is 1. The lowest BCUT2D eigenvalue weighted by molar-refractivity contribution is 0.0728. The number of aromatic nitrogens is 1. The van der Waals surface area contributed by atoms with E-state index in [9.17, 15) is 14.0 Å². The predicted octanol–water partition coefficient (Wildman–Crippen LogP) is 7.66. The molecule has 1 aromatic heterocycles. The number of benzene rings is 4. The number of hydrogen-bond acceptors (Lipinski definition) is 5. The molecule has 0 spiro atoms. The molecular formula is C31H22Cl2FN3O4. The van der Waals surface area contributed by atoms with Gasteiger partial charge >= 0.3 is 5.97 Å². The molecule has 0 aliphatic rings. The monoisotopic (exact) mass is 589 g/mol. The Morgan fingerprint density at radius 2 is 1.76 bits per heavy atom. The van der Waals surface area contributed by atoms with Gasteiger partial charge in [0.05, 0.1) is 18.4 Å². The van der Waals surface area contributed by atoms with Gasteiger partial charge in [0, 0.05) is 32.1 Å². The summed E-state index contributed by atoms with van der Waals surface area (Å²) >= 11 is 12.3. The second-order valence-corrected chi connectivity index (χ2v) is 9.62. The number of carbonyl (C=O) groups is 2. The number of halogens is 3. The highest BCUT2D eigenvalue weighted by molar-refractivity contribution is 6.34. The van der Waals surface area contributed by atoms with Crippen molar-refractivity contribution in [3.8, 4) is 22.6 Å². The molecule has 0 bridgehead atoms. The highest BCUT2D eigenvalue weighted by Crippen LogP contribution is 2.37. The number of fused-ring (bicyclic) bond motifs is 1. The van der Waals surface area contributed by atoms with E-state index >= 15 is 0 Å². The van der Waals surface area contributed by atoms with Gasteiger partial charge in [-0.25, -0.2) is 14.6 Å². The highest BCUT2D eigenvalue weighted by atomic mass is 35.5. The van der Waals surface area contributed by atoms with Crippen molar-refractivity contribution in [2.75, 3.05) is 6.61 Å². The van der Waals surface area contributed by atoms with Crippen molar-refractivity contribution in [1.29, 1.82) is 0 Å². The fourth-order valence-electron chi connectivity index (χ4n) is 4.20. The molecule has 5 aromatic rings. The number of carbonyl (C=O) groups excluding carboxylic acids is 2. The number of amides is 1. The van der Waals surface area contributed by atoms with Crippen molar-refractivity contribution in [1.82, 2.24) is 10.4 Å². The summed E-state index contributed by atoms with van der Waals surface area (Å²) in [5, 5.41) is 5.51. The van der Waals surface area contributed by atoms with Crippen LogP contribution in [0, 0.1) is 5.82 Å². The van der Waals surface area contributed by atoms with E-state index < -0.39 is 17.7 Å². The lowest BCUT2D eigenvalue weighted by Crippen LogP contribution is -2.19. The van der Waals surface area contributed by atoms with Crippen LogP contribution in [-0.4, -0.2) is 29.7 Å². The van der Waals surface area contributed by atoms with Gasteiger partial charge in [-0.05, 0) is 79.2 Å². The minimum absolute atomic E-state index is 0.176. The van der Waals surface area contributed by atoms with E-state index in [1.807, 2.05) is 0 Å². The fraction of sp³-hybridized carbons (Fsp3) is 0.0645. The number of rotatable bonds is 8. The summed E-state index contributed by atoms with van der Waals surface area (Å²) in [5.74, 6) is -1.01. The summed E-state index contributed by atoms with van der Waals surface area (Å²) < 4.78 is 25.3. The van der Waals surface area contributed by atoms with Gasteiger partial charge in [0.15, 0.2) is 11.5 Å². The molecule has 0 unspecified atom stereocenters. The van der Waals surface area contributed by atoms with Gasteiger partial charge in [0.2, 0.25) is 0 Å². The molecule has 206 valence electrons. The predicted molar refractivity (Wildman–Crippen MR) is 158 cm³/mol. The van der Waals surface area contributed by atoms with Crippen LogP contribution in [0.5, 0.6) is 11.5 Å². The van der Waals surface area contributed by atoms with Crippen LogP contribution in [0.2, 0.25) is 10.0 Å². The third kappa shape index (κ3) is 6.24. The first kappa shape index (κ1) is 27.9. The van der Waals surface area contributed by atoms with E-state index in [1.165, 1.54) is 18.3 Å². The van der Waals surface area contributed by atoms with Crippen LogP contribution < -0.4 is 14.9 Å². The molecule has 0 radical (unpaired) electrons. The van der Waals surface area contributed by atoms with Crippen LogP contribution >= 0.6 is 23.2 Å². The zero-order valence-corrected chi connectivity index (χ0v) is 23.1. The maximum atomic E-state index is 14.1. The summed E-state index contributed by atoms with van der Waals surface area (Å²) in [4.78, 5) is 28.8. The molecule has 0 aliphatic heterocycles. The van der Waals surface area contributed by atoms with Crippen LogP contribution in [-0.2, 0) is 0 Å². The second kappa shape index (κ2) is 12.2. The topological polar surface area (TPSA) is 92.8 Å². The Hall–Kier alpha value is -4.66. The molecule has 4 aromatic carbocycles. The summed E-state index contributed by atoms with van der Waals surface area (Å²) in [6.07, 6.45) is 1.42. The molecular weight excluding hydrogens is 568 g/mol. The first-order valence-electron chi connectivity index (χ1n) is 12.5. The lowest BCUT2D eigenvalue weighted by atomic mass is 10.0. The van der Waals surface area contributed by atoms with E-state index in [-0.39, 0.29) is 11.4 Å². The summed E-state index contributed by atoms with van der Waals surface area (Å²) in [5.41, 5.74) is 5.19. The summed E-state index contributed by atoms with van der Waals surface area (Å²) in [6, 6.07) is 22.4. The Bertz CT molecular complexity index is 1780. The van der Waals surface area contributed by atoms with Crippen LogP contribution in [0.25, 0.3) is 22.0 Å². The van der Waals surface area contributed by atoms with E-state index in [4.69, 9.17) is 32.7 Å². The molecule has 0 fully saturated rings. The zero-order chi connectivity index (χ0) is 28.9. The molecule has 1 amide bonds. The number of nitrogens with one attached hydrogen (secondary N) is 2. The molecule has 0 saturated heterocycles. The number of ether oxygens (including phenoxy) is 2. The van der Waals surface area contributed by atoms with Gasteiger partial charge in [-0.2, -0.15) is 5.10 Å². The number of aromatic amines is 1. The van der Waals surface area contributed by atoms with Gasteiger partial charge in [0.1, 0.15) is 11.5 Å². The maximum Gasteiger partial charge on any atom is 0.343 e. The van der Waals surface area contributed by atoms with Crippen molar-refractivity contribution in [3.63, 3.8) is 0 Å². The van der Waals surface area contributed by atoms with Crippen molar-refractivity contribution in [2.24, 2.45) is 5.10 Å². The number of H-pyrrole nitrogens is 1. The lowest BCUT2D eigenvalue weighted by Gasteiger charge is -2.11. The quantitative estimate of drug-likeness (QED) is 0.0840. The van der Waals surface area contributed by atoms with Gasteiger partial charge in [0.25, 0.3) is 5.91 Å². The van der Waals surface area contributed by atoms with Crippen LogP contribution in [0.15, 0.2) is 90.0 Å². The van der Waals surface area contributed by atoms with E-state index in [1.54, 1.807) is 79.7 Å². The minimum atomic E-state index is -0.566. The largest absolute Gasteiger partial charge is 0.490 e. The van der Waals surface area contributed by atoms with Crippen molar-refractivity contribution < 1.29 is 23.5 Å². The minimum Gasteiger partial charge on any atom is -0.490 e. The molecule has 0 saturated carbocycles. The van der Waals surface area contributed by atoms with E-state index in [2.05, 4.69) is 15.5 Å². The summed E-state index contributed by atoms with van der Waals surface area (Å²) in [6.45, 7) is 2.13. The van der Waals surface area contributed by atoms with Gasteiger partial charge in [-0.3, -0.25) is 4.79 Å². The fourth-order valence-corrected chi connectivity index (χ4v) is 4.56. The van der Waals surface area contributed by atoms with Crippen LogP contribution in [0.1, 0.15) is 33.3 Å². The molecule has 10 heteroatoms. The standard InChI is InChI=1S/C31H22Cl2FN3O4/c1-2-40-27-15-18(7-14-26(27)41-31(39)19-8-10-20(32)11-9-19)17-35-37-30(38)29-28(22-5-3-4-6-24(22)33)23-16-21(34)12-13-25(23)36-29/h3-17,36H,2H2,1H3,(H,37,38). The molecule has 0 aliphatic carbocycles. The number of nitrogens with zero attached hydrogens (tertiary/aromatic N) is 1. The highest BCUT2D eigenvalue weighted by Gasteiger charge is 2.21. The van der Waals surface area contributed by atoms with Gasteiger partial charge < -0.3 is 14.5 Å². The number of esters is 1. The third-order valence-corrected chi connectivity index (χ3v) is 6.64. The number of hydrogen-bond donors (Lipinski definition) is 2. The zero-order valence-electron chi connectivity index (χ0n) is 21.6. The van der Waals surface area contributed by atoms with Gasteiger partial charge in [-0.1, -0.05) is 41.4 Å². The van der Waals surface area contributed by atoms with Gasteiger partial charge in [-0.15, -0.1) is 0 Å². The molecule has 5 rings (SSSR count).